The Kier molecular flexibility index (Phi) is 4.77. The molecule has 1 aromatic rings. The second kappa shape index (κ2) is 6.33. The first-order valence-electron chi connectivity index (χ1n) is 6.37. The van der Waals surface area contributed by atoms with E-state index in [0.717, 1.165) is 42.1 Å². The highest BCUT2D eigenvalue weighted by atomic mass is 79.9. The Labute approximate surface area is 116 Å². The van der Waals surface area contributed by atoms with Crippen LogP contribution in [0.25, 0.3) is 0 Å². The van der Waals surface area contributed by atoms with Crippen LogP contribution in [0.1, 0.15) is 26.7 Å². The van der Waals surface area contributed by atoms with Gasteiger partial charge in [0.25, 0.3) is 0 Å². The van der Waals surface area contributed by atoms with Crippen molar-refractivity contribution in [2.24, 2.45) is 0 Å². The zero-order valence-corrected chi connectivity index (χ0v) is 12.3. The van der Waals surface area contributed by atoms with E-state index in [9.17, 15) is 0 Å². The lowest BCUT2D eigenvalue weighted by atomic mass is 9.89. The molecule has 1 saturated carbocycles. The molecular weight excluding hydrogens is 296 g/mol. The molecule has 0 amide bonds. The Morgan fingerprint density at radius 2 is 2.06 bits per heavy atom. The summed E-state index contributed by atoms with van der Waals surface area (Å²) in [5.74, 6) is 1.68. The molecule has 18 heavy (non-hydrogen) atoms. The molecule has 0 aliphatic heterocycles. The molecule has 1 fully saturated rings. The maximum absolute atomic E-state index is 5.54. The number of nitrogens with zero attached hydrogens (tertiary/aromatic N) is 2. The lowest BCUT2D eigenvalue weighted by molar-refractivity contribution is 0.00291. The van der Waals surface area contributed by atoms with Crippen LogP contribution in [0.4, 0.5) is 11.6 Å². The van der Waals surface area contributed by atoms with Crippen LogP contribution in [-0.4, -0.2) is 35.3 Å². The van der Waals surface area contributed by atoms with Crippen LogP contribution < -0.4 is 10.6 Å². The van der Waals surface area contributed by atoms with Gasteiger partial charge in [-0.1, -0.05) is 0 Å². The van der Waals surface area contributed by atoms with Crippen molar-refractivity contribution in [2.45, 2.75) is 38.8 Å². The first kappa shape index (κ1) is 13.5. The highest BCUT2D eigenvalue weighted by molar-refractivity contribution is 9.10. The van der Waals surface area contributed by atoms with Crippen molar-refractivity contribution < 1.29 is 4.74 Å². The van der Waals surface area contributed by atoms with Crippen LogP contribution in [0.3, 0.4) is 0 Å². The predicted octanol–water partition coefficient (Wildman–Crippen LogP) is 2.65. The molecule has 0 saturated heterocycles. The van der Waals surface area contributed by atoms with Gasteiger partial charge in [0.05, 0.1) is 6.10 Å². The highest BCUT2D eigenvalue weighted by Gasteiger charge is 2.30. The summed E-state index contributed by atoms with van der Waals surface area (Å²) in [7, 11) is 0. The van der Waals surface area contributed by atoms with Gasteiger partial charge in [-0.05, 0) is 42.6 Å². The topological polar surface area (TPSA) is 59.1 Å². The van der Waals surface area contributed by atoms with Gasteiger partial charge in [0.2, 0.25) is 0 Å². The summed E-state index contributed by atoms with van der Waals surface area (Å²) in [6.45, 7) is 5.70. The third-order valence-electron chi connectivity index (χ3n) is 2.97. The van der Waals surface area contributed by atoms with Crippen molar-refractivity contribution in [3.05, 3.63) is 10.8 Å². The number of nitrogens with one attached hydrogen (secondary N) is 2. The number of aromatic nitrogens is 2. The van der Waals surface area contributed by atoms with Gasteiger partial charge in [-0.15, -0.1) is 0 Å². The van der Waals surface area contributed by atoms with E-state index in [1.54, 1.807) is 6.33 Å². The lowest BCUT2D eigenvalue weighted by Gasteiger charge is -2.35. The third kappa shape index (κ3) is 3.11. The van der Waals surface area contributed by atoms with Crippen molar-refractivity contribution in [3.63, 3.8) is 0 Å². The summed E-state index contributed by atoms with van der Waals surface area (Å²) in [6, 6.07) is 0.447. The van der Waals surface area contributed by atoms with Gasteiger partial charge < -0.3 is 15.4 Å². The molecule has 2 N–H and O–H groups in total. The Hall–Kier alpha value is -0.880. The Morgan fingerprint density at radius 3 is 2.72 bits per heavy atom. The predicted molar refractivity (Wildman–Crippen MR) is 76.0 cm³/mol. The Bertz CT molecular complexity index is 396. The number of halogens is 1. The van der Waals surface area contributed by atoms with E-state index in [1.165, 1.54) is 0 Å². The monoisotopic (exact) mass is 314 g/mol. The third-order valence-corrected chi connectivity index (χ3v) is 3.72. The molecule has 1 aliphatic rings. The molecule has 6 heteroatoms. The van der Waals surface area contributed by atoms with Gasteiger partial charge in [0.15, 0.2) is 0 Å². The fourth-order valence-electron chi connectivity index (χ4n) is 2.01. The van der Waals surface area contributed by atoms with Gasteiger partial charge >= 0.3 is 0 Å². The minimum absolute atomic E-state index is 0.404. The van der Waals surface area contributed by atoms with E-state index >= 15 is 0 Å². The van der Waals surface area contributed by atoms with Gasteiger partial charge in [-0.3, -0.25) is 0 Å². The number of hydrogen-bond donors (Lipinski definition) is 2. The standard InChI is InChI=1S/C12H19BrN4O/c1-3-14-11-10(13)12(16-7-15-11)17-8-5-9(6-8)18-4-2/h7-9H,3-6H2,1-2H3,(H2,14,15,16,17). The molecule has 0 bridgehead atoms. The van der Waals surface area contributed by atoms with E-state index < -0.39 is 0 Å². The van der Waals surface area contributed by atoms with E-state index in [1.807, 2.05) is 13.8 Å². The molecule has 100 valence electrons. The van der Waals surface area contributed by atoms with E-state index in [4.69, 9.17) is 4.74 Å². The normalized spacial score (nSPS) is 22.4. The van der Waals surface area contributed by atoms with Crippen LogP contribution >= 0.6 is 15.9 Å². The molecule has 0 spiro atoms. The molecule has 1 aromatic heterocycles. The molecule has 5 nitrogen and oxygen atoms in total. The summed E-state index contributed by atoms with van der Waals surface area (Å²) < 4.78 is 6.44. The molecule has 0 aromatic carbocycles. The van der Waals surface area contributed by atoms with Gasteiger partial charge in [0, 0.05) is 19.2 Å². The Balaban J connectivity index is 1.92. The van der Waals surface area contributed by atoms with Gasteiger partial charge in [-0.2, -0.15) is 0 Å². The van der Waals surface area contributed by atoms with E-state index in [-0.39, 0.29) is 0 Å². The lowest BCUT2D eigenvalue weighted by Crippen LogP contribution is -2.41. The zero-order valence-electron chi connectivity index (χ0n) is 10.7. The molecular formula is C12H19BrN4O. The van der Waals surface area contributed by atoms with Crippen LogP contribution in [0.5, 0.6) is 0 Å². The average molecular weight is 315 g/mol. The number of hydrogen-bond acceptors (Lipinski definition) is 5. The van der Waals surface area contributed by atoms with Gasteiger partial charge in [0.1, 0.15) is 22.4 Å². The highest BCUT2D eigenvalue weighted by Crippen LogP contribution is 2.31. The van der Waals surface area contributed by atoms with Crippen molar-refractivity contribution in [1.82, 2.24) is 9.97 Å². The maximum atomic E-state index is 5.54. The summed E-state index contributed by atoms with van der Waals surface area (Å²) in [5.41, 5.74) is 0. The molecule has 0 radical (unpaired) electrons. The molecule has 1 aliphatic carbocycles. The number of ether oxygens (including phenoxy) is 1. The van der Waals surface area contributed by atoms with E-state index in [0.29, 0.717) is 12.1 Å². The van der Waals surface area contributed by atoms with Crippen LogP contribution in [-0.2, 0) is 4.74 Å². The SMILES string of the molecule is CCNc1ncnc(NC2CC(OCC)C2)c1Br. The number of rotatable bonds is 6. The zero-order chi connectivity index (χ0) is 13.0. The van der Waals surface area contributed by atoms with Crippen molar-refractivity contribution in [1.29, 1.82) is 0 Å². The summed E-state index contributed by atoms with van der Waals surface area (Å²) >= 11 is 3.53. The van der Waals surface area contributed by atoms with Gasteiger partial charge in [-0.25, -0.2) is 9.97 Å². The molecule has 2 rings (SSSR count). The number of anilines is 2. The minimum atomic E-state index is 0.404. The van der Waals surface area contributed by atoms with Crippen molar-refractivity contribution in [3.8, 4) is 0 Å². The molecule has 1 heterocycles. The summed E-state index contributed by atoms with van der Waals surface area (Å²) in [4.78, 5) is 8.45. The van der Waals surface area contributed by atoms with Crippen molar-refractivity contribution >= 4 is 27.6 Å². The second-order valence-electron chi connectivity index (χ2n) is 4.31. The smallest absolute Gasteiger partial charge is 0.146 e. The fourth-order valence-corrected chi connectivity index (χ4v) is 2.47. The largest absolute Gasteiger partial charge is 0.378 e. The average Bonchev–Trinajstić information content (AvgIpc) is 2.31. The molecule has 0 unspecified atom stereocenters. The first-order chi connectivity index (χ1) is 8.74. The maximum Gasteiger partial charge on any atom is 0.146 e. The van der Waals surface area contributed by atoms with Crippen LogP contribution in [0.2, 0.25) is 0 Å². The van der Waals surface area contributed by atoms with Crippen molar-refractivity contribution in [2.75, 3.05) is 23.8 Å². The minimum Gasteiger partial charge on any atom is -0.378 e. The molecule has 0 atom stereocenters. The van der Waals surface area contributed by atoms with Crippen LogP contribution in [0, 0.1) is 0 Å². The summed E-state index contributed by atoms with van der Waals surface area (Å²) in [6.07, 6.45) is 4.06. The van der Waals surface area contributed by atoms with E-state index in [2.05, 4.69) is 36.5 Å². The quantitative estimate of drug-likeness (QED) is 0.845. The first-order valence-corrected chi connectivity index (χ1v) is 7.16. The Morgan fingerprint density at radius 1 is 1.33 bits per heavy atom. The van der Waals surface area contributed by atoms with Crippen LogP contribution in [0.15, 0.2) is 10.8 Å². The summed E-state index contributed by atoms with van der Waals surface area (Å²) in [5, 5.41) is 6.61. The fraction of sp³-hybridized carbons (Fsp3) is 0.667. The second-order valence-corrected chi connectivity index (χ2v) is 5.10.